The van der Waals surface area contributed by atoms with Crippen molar-refractivity contribution in [2.24, 2.45) is 0 Å². The van der Waals surface area contributed by atoms with Crippen LogP contribution in [0.2, 0.25) is 0 Å². The molecule has 1 aromatic carbocycles. The van der Waals surface area contributed by atoms with Crippen molar-refractivity contribution in [3.05, 3.63) is 47.0 Å². The summed E-state index contributed by atoms with van der Waals surface area (Å²) in [4.78, 5) is 4.80. The standard InChI is InChI=1S/C18H26FN5/c1-14-18(15(2)22-21-14)13-20-7-8-23-9-11-24(12-10-23)17-5-3-16(19)4-6-17/h3-6,20H,7-13H2,1-2H3,(H,21,22). The largest absolute Gasteiger partial charge is 0.369 e. The number of benzene rings is 1. The Hall–Kier alpha value is -1.92. The summed E-state index contributed by atoms with van der Waals surface area (Å²) >= 11 is 0. The lowest BCUT2D eigenvalue weighted by Gasteiger charge is -2.36. The van der Waals surface area contributed by atoms with E-state index in [1.807, 2.05) is 19.1 Å². The molecular formula is C18H26FN5. The Bertz CT molecular complexity index is 624. The SMILES string of the molecule is Cc1n[nH]c(C)c1CNCCN1CCN(c2ccc(F)cc2)CC1. The summed E-state index contributed by atoms with van der Waals surface area (Å²) in [6, 6.07) is 6.79. The normalized spacial score (nSPS) is 15.9. The fourth-order valence-electron chi connectivity index (χ4n) is 3.17. The van der Waals surface area contributed by atoms with Gasteiger partial charge >= 0.3 is 0 Å². The van der Waals surface area contributed by atoms with E-state index in [2.05, 4.69) is 32.2 Å². The molecular weight excluding hydrogens is 305 g/mol. The summed E-state index contributed by atoms with van der Waals surface area (Å²) in [5.41, 5.74) is 4.61. The molecule has 0 aliphatic carbocycles. The highest BCUT2D eigenvalue weighted by molar-refractivity contribution is 5.46. The van der Waals surface area contributed by atoms with E-state index in [0.29, 0.717) is 0 Å². The molecule has 1 aliphatic heterocycles. The van der Waals surface area contributed by atoms with Gasteiger partial charge < -0.3 is 10.2 Å². The fraction of sp³-hybridized carbons (Fsp3) is 0.500. The molecule has 2 heterocycles. The maximum absolute atomic E-state index is 13.0. The van der Waals surface area contributed by atoms with Crippen molar-refractivity contribution in [3.63, 3.8) is 0 Å². The van der Waals surface area contributed by atoms with Crippen LogP contribution in [0.3, 0.4) is 0 Å². The number of hydrogen-bond donors (Lipinski definition) is 2. The number of piperazine rings is 1. The topological polar surface area (TPSA) is 47.2 Å². The summed E-state index contributed by atoms with van der Waals surface area (Å²) in [6.45, 7) is 11.1. The van der Waals surface area contributed by atoms with Crippen LogP contribution in [0.15, 0.2) is 24.3 Å². The monoisotopic (exact) mass is 331 g/mol. The lowest BCUT2D eigenvalue weighted by Crippen LogP contribution is -2.48. The van der Waals surface area contributed by atoms with Gasteiger partial charge in [-0.1, -0.05) is 0 Å². The smallest absolute Gasteiger partial charge is 0.123 e. The molecule has 5 nitrogen and oxygen atoms in total. The zero-order valence-corrected chi connectivity index (χ0v) is 14.5. The average molecular weight is 331 g/mol. The number of nitrogens with one attached hydrogen (secondary N) is 2. The first kappa shape index (κ1) is 16.9. The molecule has 24 heavy (non-hydrogen) atoms. The van der Waals surface area contributed by atoms with Crippen LogP contribution in [0.1, 0.15) is 17.0 Å². The van der Waals surface area contributed by atoms with Gasteiger partial charge in [-0.2, -0.15) is 5.10 Å². The van der Waals surface area contributed by atoms with Crippen LogP contribution in [-0.4, -0.2) is 54.4 Å². The summed E-state index contributed by atoms with van der Waals surface area (Å²) in [7, 11) is 0. The first-order valence-electron chi connectivity index (χ1n) is 8.57. The number of nitrogens with zero attached hydrogens (tertiary/aromatic N) is 3. The summed E-state index contributed by atoms with van der Waals surface area (Å²) in [5.74, 6) is -0.174. The Kier molecular flexibility index (Phi) is 5.48. The lowest BCUT2D eigenvalue weighted by atomic mass is 10.2. The van der Waals surface area contributed by atoms with E-state index in [0.717, 1.165) is 62.9 Å². The third-order valence-electron chi connectivity index (χ3n) is 4.75. The predicted octanol–water partition coefficient (Wildman–Crippen LogP) is 2.08. The van der Waals surface area contributed by atoms with Crippen LogP contribution in [0.25, 0.3) is 0 Å². The Morgan fingerprint density at radius 2 is 1.83 bits per heavy atom. The number of anilines is 1. The molecule has 2 N–H and O–H groups in total. The zero-order chi connectivity index (χ0) is 16.9. The van der Waals surface area contributed by atoms with Gasteiger partial charge in [0.2, 0.25) is 0 Å². The molecule has 2 aromatic rings. The van der Waals surface area contributed by atoms with E-state index in [1.165, 1.54) is 17.7 Å². The summed E-state index contributed by atoms with van der Waals surface area (Å²) in [6.07, 6.45) is 0. The Labute approximate surface area is 142 Å². The van der Waals surface area contributed by atoms with Crippen LogP contribution in [0, 0.1) is 19.7 Å². The van der Waals surface area contributed by atoms with Crippen molar-refractivity contribution < 1.29 is 4.39 Å². The second-order valence-corrected chi connectivity index (χ2v) is 6.39. The third-order valence-corrected chi connectivity index (χ3v) is 4.75. The van der Waals surface area contributed by atoms with E-state index >= 15 is 0 Å². The number of halogens is 1. The van der Waals surface area contributed by atoms with Crippen molar-refractivity contribution in [2.45, 2.75) is 20.4 Å². The first-order valence-corrected chi connectivity index (χ1v) is 8.57. The van der Waals surface area contributed by atoms with Gasteiger partial charge in [0.05, 0.1) is 5.69 Å². The Morgan fingerprint density at radius 3 is 2.46 bits per heavy atom. The van der Waals surface area contributed by atoms with Crippen LogP contribution in [0.4, 0.5) is 10.1 Å². The van der Waals surface area contributed by atoms with Crippen molar-refractivity contribution >= 4 is 5.69 Å². The molecule has 0 bridgehead atoms. The molecule has 0 amide bonds. The minimum atomic E-state index is -0.174. The van der Waals surface area contributed by atoms with Crippen molar-refractivity contribution in [1.82, 2.24) is 20.4 Å². The van der Waals surface area contributed by atoms with Crippen molar-refractivity contribution in [2.75, 3.05) is 44.2 Å². The minimum absolute atomic E-state index is 0.174. The molecule has 1 aromatic heterocycles. The van der Waals surface area contributed by atoms with Gasteiger partial charge in [-0.3, -0.25) is 10.00 Å². The molecule has 0 spiro atoms. The van der Waals surface area contributed by atoms with Gasteiger partial charge in [-0.15, -0.1) is 0 Å². The van der Waals surface area contributed by atoms with E-state index in [1.54, 1.807) is 0 Å². The lowest BCUT2D eigenvalue weighted by molar-refractivity contribution is 0.257. The minimum Gasteiger partial charge on any atom is -0.369 e. The predicted molar refractivity (Wildman–Crippen MR) is 94.8 cm³/mol. The van der Waals surface area contributed by atoms with Crippen molar-refractivity contribution in [3.8, 4) is 0 Å². The summed E-state index contributed by atoms with van der Waals surface area (Å²) in [5, 5.41) is 10.8. The molecule has 0 unspecified atom stereocenters. The van der Waals surface area contributed by atoms with Gasteiger partial charge in [0, 0.05) is 62.8 Å². The molecule has 6 heteroatoms. The van der Waals surface area contributed by atoms with Gasteiger partial charge in [0.25, 0.3) is 0 Å². The number of H-pyrrole nitrogens is 1. The number of rotatable bonds is 6. The Morgan fingerprint density at radius 1 is 1.12 bits per heavy atom. The van der Waals surface area contributed by atoms with E-state index in [-0.39, 0.29) is 5.82 Å². The van der Waals surface area contributed by atoms with E-state index in [4.69, 9.17) is 0 Å². The number of aromatic nitrogens is 2. The first-order chi connectivity index (χ1) is 11.6. The molecule has 3 rings (SSSR count). The number of aryl methyl sites for hydroxylation is 2. The van der Waals surface area contributed by atoms with Gasteiger partial charge in [0.15, 0.2) is 0 Å². The van der Waals surface area contributed by atoms with Crippen LogP contribution in [0.5, 0.6) is 0 Å². The van der Waals surface area contributed by atoms with Crippen LogP contribution in [-0.2, 0) is 6.54 Å². The maximum atomic E-state index is 13.0. The second kappa shape index (κ2) is 7.77. The molecule has 130 valence electrons. The third kappa shape index (κ3) is 4.13. The highest BCUT2D eigenvalue weighted by atomic mass is 19.1. The van der Waals surface area contributed by atoms with E-state index < -0.39 is 0 Å². The highest BCUT2D eigenvalue weighted by Gasteiger charge is 2.16. The van der Waals surface area contributed by atoms with Gasteiger partial charge in [0.1, 0.15) is 5.82 Å². The maximum Gasteiger partial charge on any atom is 0.123 e. The fourth-order valence-corrected chi connectivity index (χ4v) is 3.17. The number of hydrogen-bond acceptors (Lipinski definition) is 4. The van der Waals surface area contributed by atoms with Crippen LogP contribution < -0.4 is 10.2 Å². The Balaban J connectivity index is 1.37. The second-order valence-electron chi connectivity index (χ2n) is 6.39. The van der Waals surface area contributed by atoms with Crippen LogP contribution >= 0.6 is 0 Å². The molecule has 1 aliphatic rings. The number of aromatic amines is 1. The molecule has 0 radical (unpaired) electrons. The average Bonchev–Trinajstić information content (AvgIpc) is 2.92. The van der Waals surface area contributed by atoms with Crippen molar-refractivity contribution in [1.29, 1.82) is 0 Å². The molecule has 0 atom stereocenters. The quantitative estimate of drug-likeness (QED) is 0.796. The van der Waals surface area contributed by atoms with Gasteiger partial charge in [-0.25, -0.2) is 4.39 Å². The molecule has 1 saturated heterocycles. The molecule has 0 saturated carbocycles. The van der Waals surface area contributed by atoms with Gasteiger partial charge in [-0.05, 0) is 38.1 Å². The van der Waals surface area contributed by atoms with E-state index in [9.17, 15) is 4.39 Å². The zero-order valence-electron chi connectivity index (χ0n) is 14.5. The summed E-state index contributed by atoms with van der Waals surface area (Å²) < 4.78 is 13.0. The highest BCUT2D eigenvalue weighted by Crippen LogP contribution is 2.16. The molecule has 1 fully saturated rings.